The fourth-order valence-electron chi connectivity index (χ4n) is 2.69. The second kappa shape index (κ2) is 5.33. The van der Waals surface area contributed by atoms with E-state index in [1.165, 1.54) is 25.9 Å². The van der Waals surface area contributed by atoms with Gasteiger partial charge >= 0.3 is 0 Å². The van der Waals surface area contributed by atoms with Crippen molar-refractivity contribution < 1.29 is 0 Å². The summed E-state index contributed by atoms with van der Waals surface area (Å²) in [4.78, 5) is 14.1. The third-order valence-electron chi connectivity index (χ3n) is 4.03. The molecular formula is C14H23N5. The summed E-state index contributed by atoms with van der Waals surface area (Å²) in [5.41, 5.74) is 0. The van der Waals surface area contributed by atoms with Crippen molar-refractivity contribution in [3.63, 3.8) is 0 Å². The normalized spacial score (nSPS) is 20.6. The molecule has 5 heteroatoms. The van der Waals surface area contributed by atoms with E-state index in [-0.39, 0.29) is 0 Å². The molecule has 1 aliphatic heterocycles. The van der Waals surface area contributed by atoms with E-state index in [1.54, 1.807) is 0 Å². The van der Waals surface area contributed by atoms with Gasteiger partial charge in [0.05, 0.1) is 0 Å². The van der Waals surface area contributed by atoms with E-state index in [1.807, 2.05) is 7.05 Å². The predicted octanol–water partition coefficient (Wildman–Crippen LogP) is 1.37. The third kappa shape index (κ3) is 2.81. The van der Waals surface area contributed by atoms with Crippen LogP contribution in [0.1, 0.15) is 25.6 Å². The largest absolute Gasteiger partial charge is 0.373 e. The van der Waals surface area contributed by atoms with Crippen LogP contribution in [0.15, 0.2) is 6.07 Å². The molecule has 1 aliphatic carbocycles. The van der Waals surface area contributed by atoms with E-state index in [9.17, 15) is 0 Å². The molecule has 19 heavy (non-hydrogen) atoms. The Labute approximate surface area is 115 Å². The number of hydrogen-bond donors (Lipinski definition) is 1. The molecule has 0 atom stereocenters. The maximum atomic E-state index is 4.67. The molecule has 2 heterocycles. The van der Waals surface area contributed by atoms with E-state index >= 15 is 0 Å². The van der Waals surface area contributed by atoms with Gasteiger partial charge in [-0.3, -0.25) is 4.90 Å². The minimum absolute atomic E-state index is 0.880. The fraction of sp³-hybridized carbons (Fsp3) is 0.714. The molecule has 0 radical (unpaired) electrons. The number of nitrogens with one attached hydrogen (secondary N) is 1. The smallest absolute Gasteiger partial charge is 0.134 e. The second-order valence-electron chi connectivity index (χ2n) is 5.39. The summed E-state index contributed by atoms with van der Waals surface area (Å²) < 4.78 is 0. The van der Waals surface area contributed by atoms with Gasteiger partial charge in [-0.2, -0.15) is 0 Å². The first-order valence-electron chi connectivity index (χ1n) is 7.35. The van der Waals surface area contributed by atoms with Crippen LogP contribution < -0.4 is 10.2 Å². The average molecular weight is 261 g/mol. The van der Waals surface area contributed by atoms with Gasteiger partial charge in [-0.25, -0.2) is 9.97 Å². The van der Waals surface area contributed by atoms with Gasteiger partial charge < -0.3 is 10.2 Å². The molecule has 2 fully saturated rings. The Morgan fingerprint density at radius 2 is 1.95 bits per heavy atom. The summed E-state index contributed by atoms with van der Waals surface area (Å²) >= 11 is 0. The fourth-order valence-corrected chi connectivity index (χ4v) is 2.69. The Balaban J connectivity index is 1.71. The summed E-state index contributed by atoms with van der Waals surface area (Å²) in [5, 5.41) is 3.13. The number of nitrogens with zero attached hydrogens (tertiary/aromatic N) is 4. The summed E-state index contributed by atoms with van der Waals surface area (Å²) in [5.74, 6) is 2.92. The maximum absolute atomic E-state index is 4.67. The number of aromatic nitrogens is 2. The minimum atomic E-state index is 0.880. The molecule has 1 saturated heterocycles. The molecule has 0 aromatic carbocycles. The molecule has 1 aromatic heterocycles. The van der Waals surface area contributed by atoms with Crippen molar-refractivity contribution in [1.29, 1.82) is 0 Å². The van der Waals surface area contributed by atoms with Crippen LogP contribution in [0.4, 0.5) is 11.6 Å². The van der Waals surface area contributed by atoms with Crippen molar-refractivity contribution in [2.45, 2.75) is 32.2 Å². The quantitative estimate of drug-likeness (QED) is 0.886. The van der Waals surface area contributed by atoms with E-state index in [2.05, 4.69) is 38.1 Å². The standard InChI is InChI=1S/C14H23N5/c1-3-12-16-13(15-2)10-14(17-12)19-8-6-18(7-9-19)11-4-5-11/h10-11H,3-9H2,1-2H3,(H,15,16,17). The Kier molecular flexibility index (Phi) is 3.55. The molecule has 2 aliphatic rings. The number of piperazine rings is 1. The molecule has 3 rings (SSSR count). The van der Waals surface area contributed by atoms with Crippen LogP contribution in [-0.2, 0) is 6.42 Å². The van der Waals surface area contributed by atoms with Gasteiger partial charge in [-0.15, -0.1) is 0 Å². The van der Waals surface area contributed by atoms with Crippen LogP contribution in [0.5, 0.6) is 0 Å². The lowest BCUT2D eigenvalue weighted by Gasteiger charge is -2.35. The zero-order valence-corrected chi connectivity index (χ0v) is 11.9. The van der Waals surface area contributed by atoms with E-state index in [0.29, 0.717) is 0 Å². The number of hydrogen-bond acceptors (Lipinski definition) is 5. The van der Waals surface area contributed by atoms with Crippen LogP contribution in [0.2, 0.25) is 0 Å². The maximum Gasteiger partial charge on any atom is 0.134 e. The number of aryl methyl sites for hydroxylation is 1. The molecule has 0 spiro atoms. The molecule has 0 amide bonds. The second-order valence-corrected chi connectivity index (χ2v) is 5.39. The molecular weight excluding hydrogens is 238 g/mol. The highest BCUT2D eigenvalue weighted by Gasteiger charge is 2.31. The van der Waals surface area contributed by atoms with Crippen molar-refractivity contribution in [1.82, 2.24) is 14.9 Å². The van der Waals surface area contributed by atoms with Gasteiger partial charge in [0, 0.05) is 51.8 Å². The average Bonchev–Trinajstić information content (AvgIpc) is 3.31. The lowest BCUT2D eigenvalue weighted by Crippen LogP contribution is -2.47. The van der Waals surface area contributed by atoms with Crippen LogP contribution in [-0.4, -0.2) is 54.1 Å². The lowest BCUT2D eigenvalue weighted by atomic mass is 10.3. The monoisotopic (exact) mass is 261 g/mol. The highest BCUT2D eigenvalue weighted by molar-refractivity contribution is 5.49. The van der Waals surface area contributed by atoms with Gasteiger partial charge in [-0.05, 0) is 12.8 Å². The molecule has 1 N–H and O–H groups in total. The first-order chi connectivity index (χ1) is 9.30. The number of anilines is 2. The van der Waals surface area contributed by atoms with Crippen LogP contribution >= 0.6 is 0 Å². The van der Waals surface area contributed by atoms with Gasteiger partial charge in [0.25, 0.3) is 0 Å². The Morgan fingerprint density at radius 1 is 1.21 bits per heavy atom. The summed E-state index contributed by atoms with van der Waals surface area (Å²) in [6.45, 7) is 6.61. The summed E-state index contributed by atoms with van der Waals surface area (Å²) in [6, 6.07) is 2.94. The summed E-state index contributed by atoms with van der Waals surface area (Å²) in [6.07, 6.45) is 3.68. The molecule has 1 saturated carbocycles. The molecule has 104 valence electrons. The van der Waals surface area contributed by atoms with Crippen molar-refractivity contribution in [2.24, 2.45) is 0 Å². The van der Waals surface area contributed by atoms with E-state index < -0.39 is 0 Å². The zero-order chi connectivity index (χ0) is 13.2. The Hall–Kier alpha value is -1.36. The van der Waals surface area contributed by atoms with Crippen molar-refractivity contribution in [2.75, 3.05) is 43.4 Å². The molecule has 0 unspecified atom stereocenters. The highest BCUT2D eigenvalue weighted by Crippen LogP contribution is 2.28. The topological polar surface area (TPSA) is 44.3 Å². The van der Waals surface area contributed by atoms with Crippen molar-refractivity contribution >= 4 is 11.6 Å². The lowest BCUT2D eigenvalue weighted by molar-refractivity contribution is 0.247. The van der Waals surface area contributed by atoms with Gasteiger partial charge in [0.1, 0.15) is 17.5 Å². The number of rotatable bonds is 4. The van der Waals surface area contributed by atoms with Crippen molar-refractivity contribution in [3.05, 3.63) is 11.9 Å². The molecule has 0 bridgehead atoms. The van der Waals surface area contributed by atoms with Crippen LogP contribution in [0.25, 0.3) is 0 Å². The van der Waals surface area contributed by atoms with Crippen LogP contribution in [0.3, 0.4) is 0 Å². The summed E-state index contributed by atoms with van der Waals surface area (Å²) in [7, 11) is 1.91. The molecule has 5 nitrogen and oxygen atoms in total. The van der Waals surface area contributed by atoms with E-state index in [0.717, 1.165) is 43.0 Å². The first kappa shape index (κ1) is 12.7. The SMILES string of the molecule is CCc1nc(NC)cc(N2CCN(C3CC3)CC2)n1. The zero-order valence-electron chi connectivity index (χ0n) is 11.9. The van der Waals surface area contributed by atoms with Crippen LogP contribution in [0, 0.1) is 0 Å². The minimum Gasteiger partial charge on any atom is -0.373 e. The van der Waals surface area contributed by atoms with Crippen molar-refractivity contribution in [3.8, 4) is 0 Å². The third-order valence-corrected chi connectivity index (χ3v) is 4.03. The first-order valence-corrected chi connectivity index (χ1v) is 7.35. The van der Waals surface area contributed by atoms with E-state index in [4.69, 9.17) is 0 Å². The highest BCUT2D eigenvalue weighted by atomic mass is 15.3. The van der Waals surface area contributed by atoms with Gasteiger partial charge in [0.2, 0.25) is 0 Å². The van der Waals surface area contributed by atoms with Gasteiger partial charge in [-0.1, -0.05) is 6.92 Å². The predicted molar refractivity (Wildman–Crippen MR) is 77.8 cm³/mol. The Morgan fingerprint density at radius 3 is 2.53 bits per heavy atom. The Bertz CT molecular complexity index is 413. The molecule has 1 aromatic rings. The van der Waals surface area contributed by atoms with Gasteiger partial charge in [0.15, 0.2) is 0 Å².